The van der Waals surface area contributed by atoms with Gasteiger partial charge in [0, 0.05) is 32.1 Å². The number of hydrogen-bond acceptors (Lipinski definition) is 9. The average molecular weight is 562 g/mol. The Balaban J connectivity index is 1.66. The molecule has 4 rings (SSSR count). The first-order valence-electron chi connectivity index (χ1n) is 11.4. The van der Waals surface area contributed by atoms with Gasteiger partial charge in [0.25, 0.3) is 0 Å². The number of rotatable bonds is 11. The lowest BCUT2D eigenvalue weighted by Crippen LogP contribution is -2.33. The van der Waals surface area contributed by atoms with Gasteiger partial charge < -0.3 is 9.47 Å². The molecular formula is C24H25ClFN7O4S. The van der Waals surface area contributed by atoms with Gasteiger partial charge >= 0.3 is 0 Å². The molecular weight excluding hydrogens is 537 g/mol. The molecule has 0 unspecified atom stereocenters. The Morgan fingerprint density at radius 1 is 1.08 bits per heavy atom. The minimum absolute atomic E-state index is 0.0227. The molecule has 0 aliphatic rings. The number of ether oxygens (including phenoxy) is 2. The van der Waals surface area contributed by atoms with Gasteiger partial charge in [-0.05, 0) is 37.1 Å². The summed E-state index contributed by atoms with van der Waals surface area (Å²) in [7, 11) is -1.23. The van der Waals surface area contributed by atoms with Crippen LogP contribution >= 0.6 is 11.6 Å². The number of benzene rings is 1. The van der Waals surface area contributed by atoms with Crippen molar-refractivity contribution in [3.05, 3.63) is 77.1 Å². The van der Waals surface area contributed by atoms with Crippen LogP contribution < -0.4 is 9.46 Å². The molecule has 3 heterocycles. The molecule has 2 atom stereocenters. The lowest BCUT2D eigenvalue weighted by Gasteiger charge is -2.22. The molecule has 3 aromatic heterocycles. The van der Waals surface area contributed by atoms with E-state index in [2.05, 4.69) is 29.9 Å². The van der Waals surface area contributed by atoms with Crippen molar-refractivity contribution in [2.75, 3.05) is 18.9 Å². The second-order valence-corrected chi connectivity index (χ2v) is 10.7. The Hall–Kier alpha value is -3.68. The Morgan fingerprint density at radius 3 is 2.45 bits per heavy atom. The summed E-state index contributed by atoms with van der Waals surface area (Å²) in [6.45, 7) is 1.74. The van der Waals surface area contributed by atoms with E-state index in [4.69, 9.17) is 21.1 Å². The SMILES string of the molecule is COc1cccc(-c2nnc(NS(=O)(=O)[C@@H](C)[C@H](OC)c3ncc(Cl)cn3)n2CCc2ccc(F)cc2)n1. The van der Waals surface area contributed by atoms with Crippen molar-refractivity contribution in [2.45, 2.75) is 31.2 Å². The molecule has 0 aliphatic carbocycles. The highest BCUT2D eigenvalue weighted by molar-refractivity contribution is 7.93. The molecule has 0 aliphatic heterocycles. The van der Waals surface area contributed by atoms with Crippen LogP contribution in [0, 0.1) is 5.82 Å². The number of pyridine rings is 1. The molecule has 0 saturated heterocycles. The molecule has 11 nitrogen and oxygen atoms in total. The van der Waals surface area contributed by atoms with Crippen molar-refractivity contribution in [2.24, 2.45) is 0 Å². The van der Waals surface area contributed by atoms with Gasteiger partial charge in [-0.2, -0.15) is 0 Å². The minimum Gasteiger partial charge on any atom is -0.481 e. The van der Waals surface area contributed by atoms with Crippen LogP contribution in [-0.4, -0.2) is 57.6 Å². The first kappa shape index (κ1) is 27.4. The van der Waals surface area contributed by atoms with Gasteiger partial charge in [0.15, 0.2) is 11.6 Å². The number of methoxy groups -OCH3 is 2. The Bertz CT molecular complexity index is 1480. The second kappa shape index (κ2) is 11.8. The van der Waals surface area contributed by atoms with E-state index < -0.39 is 21.4 Å². The van der Waals surface area contributed by atoms with Crippen LogP contribution in [0.15, 0.2) is 54.9 Å². The third-order valence-corrected chi connectivity index (χ3v) is 7.64. The second-order valence-electron chi connectivity index (χ2n) is 8.21. The summed E-state index contributed by atoms with van der Waals surface area (Å²) in [6.07, 6.45) is 2.18. The smallest absolute Gasteiger partial charge is 0.240 e. The number of nitrogens with one attached hydrogen (secondary N) is 1. The predicted molar refractivity (Wildman–Crippen MR) is 139 cm³/mol. The highest BCUT2D eigenvalue weighted by Gasteiger charge is 2.34. The van der Waals surface area contributed by atoms with Crippen LogP contribution in [0.25, 0.3) is 11.5 Å². The van der Waals surface area contributed by atoms with Crippen LogP contribution in [0.5, 0.6) is 5.88 Å². The molecule has 4 aromatic rings. The van der Waals surface area contributed by atoms with Crippen molar-refractivity contribution >= 4 is 27.6 Å². The zero-order valence-corrected chi connectivity index (χ0v) is 22.3. The fourth-order valence-electron chi connectivity index (χ4n) is 3.68. The highest BCUT2D eigenvalue weighted by Crippen LogP contribution is 2.27. The first-order chi connectivity index (χ1) is 18.2. The van der Waals surface area contributed by atoms with Gasteiger partial charge in [0.05, 0.1) is 12.1 Å². The van der Waals surface area contributed by atoms with E-state index in [1.54, 1.807) is 34.9 Å². The molecule has 0 amide bonds. The van der Waals surface area contributed by atoms with Crippen molar-refractivity contribution in [1.29, 1.82) is 0 Å². The standard InChI is InChI=1S/C24H25ClFN7O4S/c1-15(21(37-3)22-27-13-17(25)14-28-22)38(34,35)32-24-31-30-23(19-5-4-6-20(29-19)36-2)33(24)12-11-16-7-9-18(26)10-8-16/h4-10,13-15,21H,11-12H2,1-3H3,(H,31,32)/t15-,21-/m0/s1. The van der Waals surface area contributed by atoms with E-state index in [0.717, 1.165) is 5.56 Å². The molecule has 1 N–H and O–H groups in total. The Labute approximate surface area is 224 Å². The molecule has 0 radical (unpaired) electrons. The summed E-state index contributed by atoms with van der Waals surface area (Å²) in [4.78, 5) is 12.6. The van der Waals surface area contributed by atoms with Crippen molar-refractivity contribution in [3.8, 4) is 17.4 Å². The first-order valence-corrected chi connectivity index (χ1v) is 13.3. The number of hydrogen-bond donors (Lipinski definition) is 1. The molecule has 0 saturated carbocycles. The van der Waals surface area contributed by atoms with E-state index in [9.17, 15) is 12.8 Å². The number of halogens is 2. The Morgan fingerprint density at radius 2 is 1.79 bits per heavy atom. The maximum absolute atomic E-state index is 13.4. The zero-order chi connectivity index (χ0) is 27.3. The van der Waals surface area contributed by atoms with E-state index >= 15 is 0 Å². The molecule has 38 heavy (non-hydrogen) atoms. The summed E-state index contributed by atoms with van der Waals surface area (Å²) in [5.74, 6) is 0.469. The van der Waals surface area contributed by atoms with E-state index in [0.29, 0.717) is 28.8 Å². The van der Waals surface area contributed by atoms with E-state index in [1.165, 1.54) is 45.7 Å². The zero-order valence-electron chi connectivity index (χ0n) is 20.7. The van der Waals surface area contributed by atoms with Crippen molar-refractivity contribution in [1.82, 2.24) is 29.7 Å². The van der Waals surface area contributed by atoms with E-state index in [1.807, 2.05) is 0 Å². The molecule has 1 aromatic carbocycles. The minimum atomic E-state index is -4.08. The van der Waals surface area contributed by atoms with Gasteiger partial charge in [0.1, 0.15) is 22.9 Å². The van der Waals surface area contributed by atoms with Gasteiger partial charge in [-0.1, -0.05) is 29.8 Å². The van der Waals surface area contributed by atoms with Crippen molar-refractivity contribution < 1.29 is 22.3 Å². The molecule has 0 spiro atoms. The number of nitrogens with zero attached hydrogens (tertiary/aromatic N) is 6. The summed E-state index contributed by atoms with van der Waals surface area (Å²) in [5, 5.41) is 7.50. The average Bonchev–Trinajstić information content (AvgIpc) is 3.31. The van der Waals surface area contributed by atoms with Crippen molar-refractivity contribution in [3.63, 3.8) is 0 Å². The predicted octanol–water partition coefficient (Wildman–Crippen LogP) is 3.69. The van der Waals surface area contributed by atoms with Crippen LogP contribution in [0.3, 0.4) is 0 Å². The third kappa shape index (κ3) is 6.23. The molecule has 0 fully saturated rings. The highest BCUT2D eigenvalue weighted by atomic mass is 35.5. The lowest BCUT2D eigenvalue weighted by molar-refractivity contribution is 0.0950. The lowest BCUT2D eigenvalue weighted by atomic mass is 10.1. The van der Waals surface area contributed by atoms with E-state index in [-0.39, 0.29) is 24.1 Å². The van der Waals surface area contributed by atoms with Crippen LogP contribution in [0.4, 0.5) is 10.3 Å². The molecule has 0 bridgehead atoms. The quantitative estimate of drug-likeness (QED) is 0.291. The number of aryl methyl sites for hydroxylation is 1. The van der Waals surface area contributed by atoms with Gasteiger partial charge in [-0.25, -0.2) is 27.8 Å². The van der Waals surface area contributed by atoms with Gasteiger partial charge in [-0.15, -0.1) is 10.2 Å². The summed E-state index contributed by atoms with van der Waals surface area (Å²) < 4.78 is 55.0. The van der Waals surface area contributed by atoms with Crippen LogP contribution in [0.2, 0.25) is 5.02 Å². The Kier molecular flexibility index (Phi) is 8.49. The number of sulfonamides is 1. The van der Waals surface area contributed by atoms with Gasteiger partial charge in [0.2, 0.25) is 21.9 Å². The topological polar surface area (TPSA) is 134 Å². The maximum Gasteiger partial charge on any atom is 0.240 e. The summed E-state index contributed by atoms with van der Waals surface area (Å²) in [5.41, 5.74) is 1.27. The molecule has 200 valence electrons. The fraction of sp³-hybridized carbons (Fsp3) is 0.292. The monoisotopic (exact) mass is 561 g/mol. The summed E-state index contributed by atoms with van der Waals surface area (Å²) in [6, 6.07) is 11.2. The maximum atomic E-state index is 13.4. The fourth-order valence-corrected chi connectivity index (χ4v) is 4.93. The normalized spacial score (nSPS) is 13.2. The largest absolute Gasteiger partial charge is 0.481 e. The third-order valence-electron chi connectivity index (χ3n) is 5.75. The number of anilines is 1. The van der Waals surface area contributed by atoms with Crippen LogP contribution in [0.1, 0.15) is 24.4 Å². The summed E-state index contributed by atoms with van der Waals surface area (Å²) >= 11 is 5.86. The molecule has 14 heteroatoms. The van der Waals surface area contributed by atoms with Gasteiger partial charge in [-0.3, -0.25) is 9.29 Å². The van der Waals surface area contributed by atoms with Crippen LogP contribution in [-0.2, 0) is 27.7 Å². The number of aromatic nitrogens is 6.